The molecule has 1 radical (unpaired) electrons. The monoisotopic (exact) mass is 144 g/mol. The molecule has 0 bridgehead atoms. The fraction of sp³-hybridized carbons (Fsp3) is 0.667. The number of amides is 1. The third-order valence-electron chi connectivity index (χ3n) is 0.954. The first-order chi connectivity index (χ1) is 4.91. The van der Waals surface area contributed by atoms with Crippen LogP contribution in [0.1, 0.15) is 12.8 Å². The Morgan fingerprint density at radius 1 is 1.50 bits per heavy atom. The van der Waals surface area contributed by atoms with E-state index in [1.54, 1.807) is 6.41 Å². The van der Waals surface area contributed by atoms with Gasteiger partial charge in [-0.25, -0.2) is 0 Å². The Morgan fingerprint density at radius 2 is 2.30 bits per heavy atom. The molecule has 0 saturated heterocycles. The van der Waals surface area contributed by atoms with Crippen molar-refractivity contribution in [1.82, 2.24) is 5.32 Å². The van der Waals surface area contributed by atoms with Crippen molar-refractivity contribution in [2.24, 2.45) is 0 Å². The second-order valence-electron chi connectivity index (χ2n) is 1.70. The summed E-state index contributed by atoms with van der Waals surface area (Å²) in [5, 5.41) is 2.38. The van der Waals surface area contributed by atoms with Gasteiger partial charge in [-0.15, -0.1) is 0 Å². The SMILES string of the molecule is O=[C]NCCCCOC=O. The molecule has 0 heterocycles. The number of hydrogen-bond acceptors (Lipinski definition) is 3. The fourth-order valence-electron chi connectivity index (χ4n) is 0.498. The summed E-state index contributed by atoms with van der Waals surface area (Å²) in [6.07, 6.45) is 3.13. The Kier molecular flexibility index (Phi) is 7.10. The van der Waals surface area contributed by atoms with Crippen LogP contribution in [-0.4, -0.2) is 26.0 Å². The molecule has 0 saturated carbocycles. The molecule has 0 aromatic rings. The van der Waals surface area contributed by atoms with Gasteiger partial charge >= 0.3 is 6.41 Å². The van der Waals surface area contributed by atoms with Gasteiger partial charge in [0.1, 0.15) is 0 Å². The van der Waals surface area contributed by atoms with Crippen LogP contribution in [0.5, 0.6) is 0 Å². The molecule has 0 fully saturated rings. The van der Waals surface area contributed by atoms with Gasteiger partial charge in [0, 0.05) is 6.54 Å². The van der Waals surface area contributed by atoms with Gasteiger partial charge in [0.25, 0.3) is 6.47 Å². The number of ether oxygens (including phenoxy) is 1. The smallest absolute Gasteiger partial charge is 0.309 e. The third kappa shape index (κ3) is 6.94. The lowest BCUT2D eigenvalue weighted by Crippen LogP contribution is -2.12. The molecule has 1 amide bonds. The van der Waals surface area contributed by atoms with E-state index in [4.69, 9.17) is 0 Å². The van der Waals surface area contributed by atoms with Crippen LogP contribution in [0.15, 0.2) is 0 Å². The first kappa shape index (κ1) is 8.94. The van der Waals surface area contributed by atoms with Gasteiger partial charge in [-0.3, -0.25) is 9.59 Å². The van der Waals surface area contributed by atoms with Crippen molar-refractivity contribution in [1.29, 1.82) is 0 Å². The largest absolute Gasteiger partial charge is 0.468 e. The minimum atomic E-state index is 0.416. The molecule has 1 N–H and O–H groups in total. The number of hydrogen-bond donors (Lipinski definition) is 1. The molecule has 4 heteroatoms. The van der Waals surface area contributed by atoms with Crippen LogP contribution in [0.2, 0.25) is 0 Å². The van der Waals surface area contributed by atoms with Crippen molar-refractivity contribution < 1.29 is 14.3 Å². The number of nitrogens with one attached hydrogen (secondary N) is 1. The second-order valence-corrected chi connectivity index (χ2v) is 1.70. The lowest BCUT2D eigenvalue weighted by Gasteiger charge is -1.96. The Balaban J connectivity index is 2.76. The minimum absolute atomic E-state index is 0.416. The Morgan fingerprint density at radius 3 is 2.90 bits per heavy atom. The number of unbranched alkanes of at least 4 members (excludes halogenated alkanes) is 1. The highest BCUT2D eigenvalue weighted by Gasteiger charge is 1.86. The van der Waals surface area contributed by atoms with E-state index < -0.39 is 0 Å². The average Bonchev–Trinajstić information content (AvgIpc) is 1.97. The standard InChI is InChI=1S/C6H10NO3/c8-5-7-3-1-2-4-10-6-9/h6H,1-4H2,(H,7,8). The van der Waals surface area contributed by atoms with E-state index in [0.717, 1.165) is 12.8 Å². The maximum atomic E-state index is 9.59. The first-order valence-corrected chi connectivity index (χ1v) is 3.07. The predicted octanol–water partition coefficient (Wildman–Crippen LogP) is -0.404. The molecule has 0 aliphatic rings. The molecule has 0 atom stereocenters. The Hall–Kier alpha value is -1.06. The highest BCUT2D eigenvalue weighted by atomic mass is 16.5. The van der Waals surface area contributed by atoms with E-state index in [-0.39, 0.29) is 0 Å². The van der Waals surface area contributed by atoms with E-state index in [1.165, 1.54) is 0 Å². The van der Waals surface area contributed by atoms with Crippen molar-refractivity contribution in [3.63, 3.8) is 0 Å². The van der Waals surface area contributed by atoms with Gasteiger partial charge in [0.15, 0.2) is 0 Å². The molecule has 10 heavy (non-hydrogen) atoms. The van der Waals surface area contributed by atoms with E-state index in [9.17, 15) is 9.59 Å². The maximum absolute atomic E-state index is 9.59. The maximum Gasteiger partial charge on any atom is 0.309 e. The number of rotatable bonds is 7. The summed E-state index contributed by atoms with van der Waals surface area (Å²) in [5.74, 6) is 0. The molecule has 0 aromatic carbocycles. The normalized spacial score (nSPS) is 8.40. The summed E-state index contributed by atoms with van der Waals surface area (Å²) in [4.78, 5) is 19.2. The molecule has 0 aliphatic heterocycles. The highest BCUT2D eigenvalue weighted by Crippen LogP contribution is 1.85. The van der Waals surface area contributed by atoms with Gasteiger partial charge in [-0.2, -0.15) is 0 Å². The van der Waals surface area contributed by atoms with Crippen molar-refractivity contribution in [2.75, 3.05) is 13.2 Å². The lowest BCUT2D eigenvalue weighted by molar-refractivity contribution is -0.128. The molecular formula is C6H10NO3. The molecule has 57 valence electrons. The van der Waals surface area contributed by atoms with Gasteiger partial charge in [0.05, 0.1) is 6.61 Å². The summed E-state index contributed by atoms with van der Waals surface area (Å²) >= 11 is 0. The zero-order valence-electron chi connectivity index (χ0n) is 5.63. The average molecular weight is 144 g/mol. The molecule has 4 nitrogen and oxygen atoms in total. The number of carbonyl (C=O) groups excluding carboxylic acids is 2. The van der Waals surface area contributed by atoms with Crippen LogP contribution >= 0.6 is 0 Å². The van der Waals surface area contributed by atoms with Crippen LogP contribution in [0.25, 0.3) is 0 Å². The van der Waals surface area contributed by atoms with E-state index in [2.05, 4.69) is 10.1 Å². The van der Waals surface area contributed by atoms with Gasteiger partial charge in [-0.05, 0) is 12.8 Å². The topological polar surface area (TPSA) is 55.4 Å². The molecular weight excluding hydrogens is 134 g/mol. The fourth-order valence-corrected chi connectivity index (χ4v) is 0.498. The van der Waals surface area contributed by atoms with Crippen LogP contribution in [-0.2, 0) is 14.3 Å². The van der Waals surface area contributed by atoms with Crippen LogP contribution in [0.4, 0.5) is 0 Å². The summed E-state index contributed by atoms with van der Waals surface area (Å²) in [5.41, 5.74) is 0. The quantitative estimate of drug-likeness (QED) is 0.300. The molecule has 0 aromatic heterocycles. The molecule has 0 spiro atoms. The van der Waals surface area contributed by atoms with Gasteiger partial charge in [-0.1, -0.05) is 0 Å². The predicted molar refractivity (Wildman–Crippen MR) is 34.9 cm³/mol. The lowest BCUT2D eigenvalue weighted by atomic mass is 10.3. The molecule has 0 rings (SSSR count). The van der Waals surface area contributed by atoms with E-state index >= 15 is 0 Å². The summed E-state index contributed by atoms with van der Waals surface area (Å²) in [6, 6.07) is 0. The van der Waals surface area contributed by atoms with Crippen LogP contribution in [0, 0.1) is 0 Å². The zero-order valence-corrected chi connectivity index (χ0v) is 5.63. The third-order valence-corrected chi connectivity index (χ3v) is 0.954. The van der Waals surface area contributed by atoms with E-state index in [1.807, 2.05) is 0 Å². The van der Waals surface area contributed by atoms with Gasteiger partial charge in [0.2, 0.25) is 0 Å². The van der Waals surface area contributed by atoms with Crippen LogP contribution in [0.3, 0.4) is 0 Å². The van der Waals surface area contributed by atoms with Crippen molar-refractivity contribution >= 4 is 12.9 Å². The second kappa shape index (κ2) is 7.94. The number of carbonyl (C=O) groups is 1. The first-order valence-electron chi connectivity index (χ1n) is 3.07. The van der Waals surface area contributed by atoms with Crippen molar-refractivity contribution in [3.8, 4) is 0 Å². The summed E-state index contributed by atoms with van der Waals surface area (Å²) < 4.78 is 4.41. The van der Waals surface area contributed by atoms with Gasteiger partial charge < -0.3 is 10.1 Å². The highest BCUT2D eigenvalue weighted by molar-refractivity contribution is 5.46. The minimum Gasteiger partial charge on any atom is -0.468 e. The Labute approximate surface area is 59.6 Å². The zero-order chi connectivity index (χ0) is 7.66. The van der Waals surface area contributed by atoms with Crippen molar-refractivity contribution in [2.45, 2.75) is 12.8 Å². The van der Waals surface area contributed by atoms with Crippen LogP contribution < -0.4 is 5.32 Å². The Bertz CT molecular complexity index is 83.0. The molecule has 0 aliphatic carbocycles. The van der Waals surface area contributed by atoms with E-state index in [0.29, 0.717) is 19.6 Å². The summed E-state index contributed by atoms with van der Waals surface area (Å²) in [6.45, 7) is 1.43. The summed E-state index contributed by atoms with van der Waals surface area (Å²) in [7, 11) is 0. The molecule has 0 unspecified atom stereocenters. The van der Waals surface area contributed by atoms with Crippen molar-refractivity contribution in [3.05, 3.63) is 0 Å².